The molecule has 2 heterocycles. The largest absolute Gasteiger partial charge is 0.493 e. The van der Waals surface area contributed by atoms with Crippen molar-refractivity contribution in [2.24, 2.45) is 5.92 Å². The maximum Gasteiger partial charge on any atom is 0.416 e. The molecule has 1 aliphatic heterocycles. The monoisotopic (exact) mass is 515 g/mol. The van der Waals surface area contributed by atoms with E-state index in [-0.39, 0.29) is 11.8 Å². The molecule has 2 aromatic carbocycles. The summed E-state index contributed by atoms with van der Waals surface area (Å²) < 4.78 is 50.8. The Hall–Kier alpha value is -3.46. The third-order valence-electron chi connectivity index (χ3n) is 6.77. The Bertz CT molecular complexity index is 1180. The van der Waals surface area contributed by atoms with E-state index >= 15 is 0 Å². The number of hydrogen-bond acceptors (Lipinski definition) is 4. The molecule has 0 spiro atoms. The fourth-order valence-corrected chi connectivity index (χ4v) is 4.64. The normalized spacial score (nSPS) is 14.9. The van der Waals surface area contributed by atoms with E-state index in [1.54, 1.807) is 14.2 Å². The van der Waals surface area contributed by atoms with Crippen LogP contribution < -0.4 is 14.8 Å². The minimum atomic E-state index is -4.34. The van der Waals surface area contributed by atoms with E-state index in [1.165, 1.54) is 12.1 Å². The van der Waals surface area contributed by atoms with Crippen LogP contribution in [0.25, 0.3) is 5.69 Å². The minimum Gasteiger partial charge on any atom is -0.493 e. The Kier molecular flexibility index (Phi) is 8.43. The molecule has 0 radical (unpaired) electrons. The lowest BCUT2D eigenvalue weighted by Crippen LogP contribution is -2.40. The van der Waals surface area contributed by atoms with E-state index in [9.17, 15) is 18.0 Å². The van der Waals surface area contributed by atoms with Gasteiger partial charge in [-0.3, -0.25) is 9.69 Å². The zero-order valence-electron chi connectivity index (χ0n) is 21.1. The Balaban J connectivity index is 1.21. The standard InChI is InChI=1S/C28H32F3N3O3/c1-36-25-8-3-20(17-26(25)37-2)9-13-32-27(35)22-11-14-33(15-12-22)18-21-10-16-34(19-21)24-6-4-23(5-7-24)28(29,30)31/h3-8,10,16-17,19,22H,9,11-15,18H2,1-2H3,(H,32,35). The fourth-order valence-electron chi connectivity index (χ4n) is 4.64. The van der Waals surface area contributed by atoms with Gasteiger partial charge in [0, 0.05) is 37.1 Å². The van der Waals surface area contributed by atoms with Crippen molar-refractivity contribution in [1.29, 1.82) is 0 Å². The molecule has 1 fully saturated rings. The Morgan fingerprint density at radius 3 is 2.32 bits per heavy atom. The molecule has 0 saturated carbocycles. The first-order chi connectivity index (χ1) is 17.8. The SMILES string of the molecule is COc1ccc(CCNC(=O)C2CCN(Cc3ccn(-c4ccc(C(F)(F)F)cc4)c3)CC2)cc1OC. The molecule has 9 heteroatoms. The number of alkyl halides is 3. The van der Waals surface area contributed by atoms with Crippen molar-refractivity contribution in [1.82, 2.24) is 14.8 Å². The van der Waals surface area contributed by atoms with Crippen molar-refractivity contribution in [3.8, 4) is 17.2 Å². The highest BCUT2D eigenvalue weighted by Gasteiger charge is 2.30. The van der Waals surface area contributed by atoms with Crippen LogP contribution in [0.4, 0.5) is 13.2 Å². The maximum absolute atomic E-state index is 12.8. The predicted octanol–water partition coefficient (Wildman–Crippen LogP) is 5.08. The summed E-state index contributed by atoms with van der Waals surface area (Å²) in [5.74, 6) is 1.44. The smallest absolute Gasteiger partial charge is 0.416 e. The highest BCUT2D eigenvalue weighted by Crippen LogP contribution is 2.30. The van der Waals surface area contributed by atoms with Gasteiger partial charge in [0.2, 0.25) is 5.91 Å². The molecule has 1 saturated heterocycles. The third-order valence-corrected chi connectivity index (χ3v) is 6.77. The van der Waals surface area contributed by atoms with Gasteiger partial charge in [-0.1, -0.05) is 6.07 Å². The lowest BCUT2D eigenvalue weighted by Gasteiger charge is -2.31. The number of methoxy groups -OCH3 is 2. The number of carbonyl (C=O) groups is 1. The minimum absolute atomic E-state index is 0.00148. The van der Waals surface area contributed by atoms with E-state index in [0.717, 1.165) is 55.7 Å². The van der Waals surface area contributed by atoms with Crippen LogP contribution in [0, 0.1) is 5.92 Å². The van der Waals surface area contributed by atoms with Gasteiger partial charge in [-0.15, -0.1) is 0 Å². The van der Waals surface area contributed by atoms with Gasteiger partial charge in [0.05, 0.1) is 19.8 Å². The summed E-state index contributed by atoms with van der Waals surface area (Å²) in [5.41, 5.74) is 2.17. The highest BCUT2D eigenvalue weighted by atomic mass is 19.4. The van der Waals surface area contributed by atoms with Gasteiger partial charge in [0.1, 0.15) is 0 Å². The van der Waals surface area contributed by atoms with Crippen molar-refractivity contribution >= 4 is 5.91 Å². The number of halogens is 3. The number of likely N-dealkylation sites (tertiary alicyclic amines) is 1. The number of benzene rings is 2. The molecule has 0 unspecified atom stereocenters. The van der Waals surface area contributed by atoms with Crippen LogP contribution in [-0.2, 0) is 23.9 Å². The van der Waals surface area contributed by atoms with E-state index in [2.05, 4.69) is 10.2 Å². The van der Waals surface area contributed by atoms with Gasteiger partial charge in [0.25, 0.3) is 0 Å². The summed E-state index contributed by atoms with van der Waals surface area (Å²) in [6.45, 7) is 2.94. The van der Waals surface area contributed by atoms with E-state index in [4.69, 9.17) is 9.47 Å². The zero-order valence-corrected chi connectivity index (χ0v) is 21.1. The quantitative estimate of drug-likeness (QED) is 0.432. The van der Waals surface area contributed by atoms with Crippen LogP contribution in [0.1, 0.15) is 29.5 Å². The van der Waals surface area contributed by atoms with Crippen LogP contribution in [0.15, 0.2) is 60.9 Å². The average molecular weight is 516 g/mol. The van der Waals surface area contributed by atoms with Gasteiger partial charge in [-0.25, -0.2) is 0 Å². The molecule has 0 aliphatic carbocycles. The average Bonchev–Trinajstić information content (AvgIpc) is 3.37. The molecule has 37 heavy (non-hydrogen) atoms. The van der Waals surface area contributed by atoms with Crippen LogP contribution >= 0.6 is 0 Å². The summed E-state index contributed by atoms with van der Waals surface area (Å²) in [6, 6.07) is 12.9. The number of nitrogens with zero attached hydrogens (tertiary/aromatic N) is 2. The van der Waals surface area contributed by atoms with Gasteiger partial charge in [-0.2, -0.15) is 13.2 Å². The lowest BCUT2D eigenvalue weighted by molar-refractivity contribution is -0.137. The first kappa shape index (κ1) is 26.6. The van der Waals surface area contributed by atoms with Crippen molar-refractivity contribution in [2.75, 3.05) is 33.9 Å². The molecule has 3 aromatic rings. The van der Waals surface area contributed by atoms with Crippen LogP contribution in [0.5, 0.6) is 11.5 Å². The van der Waals surface area contributed by atoms with E-state index in [1.807, 2.05) is 41.2 Å². The number of carbonyl (C=O) groups excluding carboxylic acids is 1. The molecule has 0 atom stereocenters. The van der Waals surface area contributed by atoms with Crippen molar-refractivity contribution in [3.63, 3.8) is 0 Å². The molecular weight excluding hydrogens is 483 g/mol. The number of rotatable bonds is 9. The van der Waals surface area contributed by atoms with Crippen LogP contribution in [0.3, 0.4) is 0 Å². The summed E-state index contributed by atoms with van der Waals surface area (Å²) in [6.07, 6.45) is 1.75. The molecule has 1 aliphatic rings. The van der Waals surface area contributed by atoms with Crippen molar-refractivity contribution in [3.05, 3.63) is 77.6 Å². The highest BCUT2D eigenvalue weighted by molar-refractivity contribution is 5.78. The van der Waals surface area contributed by atoms with E-state index in [0.29, 0.717) is 30.2 Å². The summed E-state index contributed by atoms with van der Waals surface area (Å²) in [7, 11) is 3.20. The van der Waals surface area contributed by atoms with E-state index < -0.39 is 11.7 Å². The topological polar surface area (TPSA) is 55.7 Å². The summed E-state index contributed by atoms with van der Waals surface area (Å²) >= 11 is 0. The zero-order chi connectivity index (χ0) is 26.4. The van der Waals surface area contributed by atoms with Gasteiger partial charge in [-0.05, 0) is 85.9 Å². The number of ether oxygens (including phenoxy) is 2. The molecule has 1 N–H and O–H groups in total. The lowest BCUT2D eigenvalue weighted by atomic mass is 9.95. The van der Waals surface area contributed by atoms with Crippen LogP contribution in [-0.4, -0.2) is 49.2 Å². The third kappa shape index (κ3) is 6.85. The number of hydrogen-bond donors (Lipinski definition) is 1. The second-order valence-electron chi connectivity index (χ2n) is 9.25. The van der Waals surface area contributed by atoms with Crippen molar-refractivity contribution < 1.29 is 27.4 Å². The van der Waals surface area contributed by atoms with Crippen LogP contribution in [0.2, 0.25) is 0 Å². The number of piperidine rings is 1. The number of nitrogens with one attached hydrogen (secondary N) is 1. The predicted molar refractivity (Wildman–Crippen MR) is 135 cm³/mol. The number of amides is 1. The molecule has 1 aromatic heterocycles. The fraction of sp³-hybridized carbons (Fsp3) is 0.393. The first-order valence-corrected chi connectivity index (χ1v) is 12.3. The number of aromatic nitrogens is 1. The maximum atomic E-state index is 12.8. The van der Waals surface area contributed by atoms with Crippen molar-refractivity contribution in [2.45, 2.75) is 32.0 Å². The van der Waals surface area contributed by atoms with Gasteiger partial charge < -0.3 is 19.4 Å². The Morgan fingerprint density at radius 2 is 1.68 bits per heavy atom. The molecular formula is C28H32F3N3O3. The van der Waals surface area contributed by atoms with Gasteiger partial charge in [0.15, 0.2) is 11.5 Å². The summed E-state index contributed by atoms with van der Waals surface area (Å²) in [5, 5.41) is 3.06. The molecule has 0 bridgehead atoms. The Morgan fingerprint density at radius 1 is 0.973 bits per heavy atom. The molecule has 1 amide bonds. The molecule has 4 rings (SSSR count). The molecule has 6 nitrogen and oxygen atoms in total. The summed E-state index contributed by atoms with van der Waals surface area (Å²) in [4.78, 5) is 15.0. The first-order valence-electron chi connectivity index (χ1n) is 12.3. The second-order valence-corrected chi connectivity index (χ2v) is 9.25. The molecule has 198 valence electrons. The Labute approximate surface area is 215 Å². The van der Waals surface area contributed by atoms with Gasteiger partial charge >= 0.3 is 6.18 Å². The second kappa shape index (κ2) is 11.7.